The highest BCUT2D eigenvalue weighted by atomic mass is 79.9. The van der Waals surface area contributed by atoms with Crippen LogP contribution in [0.25, 0.3) is 10.9 Å². The second-order valence-corrected chi connectivity index (χ2v) is 7.33. The van der Waals surface area contributed by atoms with E-state index < -0.39 is 18.1 Å². The number of nitrogens with one attached hydrogen (secondary N) is 1. The van der Waals surface area contributed by atoms with E-state index in [1.807, 2.05) is 6.92 Å². The maximum atomic E-state index is 13.6. The summed E-state index contributed by atoms with van der Waals surface area (Å²) in [6.07, 6.45) is -4.64. The fourth-order valence-electron chi connectivity index (χ4n) is 3.00. The average Bonchev–Trinajstić information content (AvgIpc) is 2.96. The molecule has 142 valence electrons. The summed E-state index contributed by atoms with van der Waals surface area (Å²) >= 11 is 9.17. The number of benzene rings is 2. The number of halogens is 5. The van der Waals surface area contributed by atoms with Gasteiger partial charge in [0.2, 0.25) is 0 Å². The number of hydrogen-bond acceptors (Lipinski definition) is 1. The summed E-state index contributed by atoms with van der Waals surface area (Å²) in [4.78, 5) is 12.7. The van der Waals surface area contributed by atoms with E-state index in [0.717, 1.165) is 5.39 Å². The lowest BCUT2D eigenvalue weighted by molar-refractivity contribution is -0.155. The molecule has 2 aromatic carbocycles. The topological polar surface area (TPSA) is 34.0 Å². The molecule has 1 heterocycles. The second kappa shape index (κ2) is 7.56. The van der Waals surface area contributed by atoms with E-state index in [-0.39, 0.29) is 11.3 Å². The molecule has 0 saturated heterocycles. The Balaban J connectivity index is 2.00. The van der Waals surface area contributed by atoms with Crippen LogP contribution >= 0.6 is 27.5 Å². The molecule has 3 aromatic rings. The van der Waals surface area contributed by atoms with E-state index in [4.69, 9.17) is 11.6 Å². The largest absolute Gasteiger partial charge is 0.412 e. The lowest BCUT2D eigenvalue weighted by Crippen LogP contribution is -2.38. The number of carbonyl (C=O) groups is 1. The molecule has 1 unspecified atom stereocenters. The first-order valence-corrected chi connectivity index (χ1v) is 9.29. The van der Waals surface area contributed by atoms with Gasteiger partial charge in [-0.05, 0) is 42.8 Å². The van der Waals surface area contributed by atoms with Crippen LogP contribution < -0.4 is 5.32 Å². The Hall–Kier alpha value is -1.99. The lowest BCUT2D eigenvalue weighted by atomic mass is 10.1. The summed E-state index contributed by atoms with van der Waals surface area (Å²) in [5, 5.41) is 3.35. The van der Waals surface area contributed by atoms with Crippen LogP contribution in [0.2, 0.25) is 5.02 Å². The number of amides is 1. The zero-order valence-corrected chi connectivity index (χ0v) is 16.5. The highest BCUT2D eigenvalue weighted by molar-refractivity contribution is 9.10. The molecule has 1 N–H and O–H groups in total. The van der Waals surface area contributed by atoms with Crippen molar-refractivity contribution in [1.82, 2.24) is 9.88 Å². The smallest absolute Gasteiger partial charge is 0.337 e. The summed E-state index contributed by atoms with van der Waals surface area (Å²) in [6, 6.07) is 10.3. The Kier molecular flexibility index (Phi) is 5.53. The van der Waals surface area contributed by atoms with Gasteiger partial charge in [-0.15, -0.1) is 0 Å². The minimum atomic E-state index is -4.64. The number of nitrogens with zero attached hydrogens (tertiary/aromatic N) is 1. The average molecular weight is 460 g/mol. The van der Waals surface area contributed by atoms with Gasteiger partial charge in [0.05, 0.1) is 5.52 Å². The summed E-state index contributed by atoms with van der Waals surface area (Å²) in [6.45, 7) is 2.23. The molecule has 0 saturated carbocycles. The maximum Gasteiger partial charge on any atom is 0.412 e. The second-order valence-electron chi connectivity index (χ2n) is 5.98. The number of hydrogen-bond donors (Lipinski definition) is 1. The van der Waals surface area contributed by atoms with Crippen molar-refractivity contribution in [3.05, 3.63) is 69.3 Å². The summed E-state index contributed by atoms with van der Waals surface area (Å²) in [5.74, 6) is -0.800. The molecule has 0 radical (unpaired) electrons. The van der Waals surface area contributed by atoms with Crippen molar-refractivity contribution in [3.63, 3.8) is 0 Å². The zero-order chi connectivity index (χ0) is 19.8. The minimum absolute atomic E-state index is 0.0487. The highest BCUT2D eigenvalue weighted by Gasteiger charge is 2.42. The van der Waals surface area contributed by atoms with E-state index >= 15 is 0 Å². The van der Waals surface area contributed by atoms with Gasteiger partial charge < -0.3 is 9.88 Å². The van der Waals surface area contributed by atoms with Gasteiger partial charge in [-0.2, -0.15) is 13.2 Å². The fourth-order valence-corrected chi connectivity index (χ4v) is 3.59. The van der Waals surface area contributed by atoms with E-state index in [1.165, 1.54) is 18.2 Å². The quantitative estimate of drug-likeness (QED) is 0.502. The van der Waals surface area contributed by atoms with Gasteiger partial charge in [-0.25, -0.2) is 0 Å². The number of aryl methyl sites for hydroxylation is 1. The molecule has 0 bridgehead atoms. The van der Waals surface area contributed by atoms with Crippen molar-refractivity contribution in [1.29, 1.82) is 0 Å². The molecule has 0 aliphatic heterocycles. The molecule has 27 heavy (non-hydrogen) atoms. The van der Waals surface area contributed by atoms with Crippen LogP contribution in [0.1, 0.15) is 29.0 Å². The van der Waals surface area contributed by atoms with Crippen LogP contribution in [0.3, 0.4) is 0 Å². The van der Waals surface area contributed by atoms with Crippen molar-refractivity contribution in [2.75, 3.05) is 0 Å². The van der Waals surface area contributed by atoms with E-state index in [0.29, 0.717) is 21.6 Å². The van der Waals surface area contributed by atoms with Crippen molar-refractivity contribution in [2.24, 2.45) is 0 Å². The normalized spacial score (nSPS) is 13.0. The van der Waals surface area contributed by atoms with Gasteiger partial charge in [0.1, 0.15) is 5.69 Å². The van der Waals surface area contributed by atoms with Crippen molar-refractivity contribution in [2.45, 2.75) is 25.7 Å². The molecule has 0 fully saturated rings. The Bertz CT molecular complexity index is 1000. The monoisotopic (exact) mass is 458 g/mol. The van der Waals surface area contributed by atoms with Crippen LogP contribution in [-0.4, -0.2) is 16.7 Å². The Morgan fingerprint density at radius 1 is 1.22 bits per heavy atom. The molecule has 0 spiro atoms. The summed E-state index contributed by atoms with van der Waals surface area (Å²) in [7, 11) is 0. The standard InChI is InChI=1S/C19H15BrClF3N2O/c1-2-26-15-10-14(21)7-6-11(15)9-16(26)18(27)25-17(19(22,23)24)12-4-3-5-13(20)8-12/h3-10,17H,2H2,1H3,(H,25,27). The molecule has 1 atom stereocenters. The molecule has 1 amide bonds. The van der Waals surface area contributed by atoms with Gasteiger partial charge in [-0.3, -0.25) is 4.79 Å². The van der Waals surface area contributed by atoms with Crippen molar-refractivity contribution in [3.8, 4) is 0 Å². The number of fused-ring (bicyclic) bond motifs is 1. The summed E-state index contributed by atoms with van der Waals surface area (Å²) < 4.78 is 42.9. The molecule has 1 aromatic heterocycles. The van der Waals surface area contributed by atoms with E-state index in [2.05, 4.69) is 21.2 Å². The van der Waals surface area contributed by atoms with E-state index in [1.54, 1.807) is 34.9 Å². The van der Waals surface area contributed by atoms with Gasteiger partial charge >= 0.3 is 6.18 Å². The van der Waals surface area contributed by atoms with Crippen molar-refractivity contribution < 1.29 is 18.0 Å². The van der Waals surface area contributed by atoms with Crippen LogP contribution in [0.4, 0.5) is 13.2 Å². The molecule has 8 heteroatoms. The first-order chi connectivity index (χ1) is 12.7. The molecule has 0 aliphatic carbocycles. The predicted octanol–water partition coefficient (Wildman–Crippen LogP) is 6.11. The molecular weight excluding hydrogens is 445 g/mol. The highest BCUT2D eigenvalue weighted by Crippen LogP contribution is 2.34. The minimum Gasteiger partial charge on any atom is -0.337 e. The first-order valence-electron chi connectivity index (χ1n) is 8.12. The first kappa shape index (κ1) is 19.8. The third kappa shape index (κ3) is 4.14. The number of rotatable bonds is 4. The van der Waals surface area contributed by atoms with Crippen LogP contribution in [-0.2, 0) is 6.54 Å². The number of carbonyl (C=O) groups excluding carboxylic acids is 1. The van der Waals surface area contributed by atoms with E-state index in [9.17, 15) is 18.0 Å². The lowest BCUT2D eigenvalue weighted by Gasteiger charge is -2.22. The third-order valence-electron chi connectivity index (χ3n) is 4.20. The Morgan fingerprint density at radius 2 is 1.96 bits per heavy atom. The third-order valence-corrected chi connectivity index (χ3v) is 4.93. The van der Waals surface area contributed by atoms with Gasteiger partial charge in [-0.1, -0.05) is 45.7 Å². The van der Waals surface area contributed by atoms with Crippen molar-refractivity contribution >= 4 is 44.3 Å². The van der Waals surface area contributed by atoms with Crippen LogP contribution in [0, 0.1) is 0 Å². The SMILES string of the molecule is CCn1c(C(=O)NC(c2cccc(Br)c2)C(F)(F)F)cc2ccc(Cl)cc21. The predicted molar refractivity (Wildman–Crippen MR) is 103 cm³/mol. The molecule has 0 aliphatic rings. The molecule has 3 rings (SSSR count). The molecule has 3 nitrogen and oxygen atoms in total. The zero-order valence-electron chi connectivity index (χ0n) is 14.1. The maximum absolute atomic E-state index is 13.6. The number of aromatic nitrogens is 1. The van der Waals surface area contributed by atoms with Gasteiger partial charge in [0, 0.05) is 21.4 Å². The van der Waals surface area contributed by atoms with Gasteiger partial charge in [0.15, 0.2) is 6.04 Å². The molecular formula is C19H15BrClF3N2O. The number of alkyl halides is 3. The summed E-state index contributed by atoms with van der Waals surface area (Å²) in [5.41, 5.74) is 0.799. The van der Waals surface area contributed by atoms with Crippen LogP contribution in [0.5, 0.6) is 0 Å². The van der Waals surface area contributed by atoms with Crippen LogP contribution in [0.15, 0.2) is 53.0 Å². The Morgan fingerprint density at radius 3 is 2.59 bits per heavy atom. The van der Waals surface area contributed by atoms with Gasteiger partial charge in [0.25, 0.3) is 5.91 Å². The Labute approximate surface area is 167 Å². The fraction of sp³-hybridized carbons (Fsp3) is 0.211.